The molecule has 0 spiro atoms. The average molecular weight is 236 g/mol. The second-order valence-corrected chi connectivity index (χ2v) is 5.20. The lowest BCUT2D eigenvalue weighted by Gasteiger charge is -2.21. The van der Waals surface area contributed by atoms with Crippen LogP contribution in [0.15, 0.2) is 23.1 Å². The fourth-order valence-corrected chi connectivity index (χ4v) is 2.93. The van der Waals surface area contributed by atoms with Crippen LogP contribution in [0.5, 0.6) is 0 Å². The zero-order valence-electron chi connectivity index (χ0n) is 9.40. The molecule has 1 aromatic rings. The highest BCUT2D eigenvalue weighted by Gasteiger charge is 2.12. The fourth-order valence-electron chi connectivity index (χ4n) is 1.91. The molecule has 0 unspecified atom stereocenters. The predicted molar refractivity (Wildman–Crippen MR) is 68.0 cm³/mol. The first-order valence-corrected chi connectivity index (χ1v) is 6.40. The number of amides is 1. The van der Waals surface area contributed by atoms with Crippen LogP contribution in [0, 0.1) is 0 Å². The van der Waals surface area contributed by atoms with Crippen LogP contribution >= 0.6 is 11.8 Å². The van der Waals surface area contributed by atoms with E-state index in [2.05, 4.69) is 18.2 Å². The molecule has 2 rings (SSSR count). The number of hydrogen-bond donors (Lipinski definition) is 1. The minimum atomic E-state index is -0.297. The molecule has 86 valence electrons. The van der Waals surface area contributed by atoms with E-state index in [4.69, 9.17) is 5.73 Å². The maximum atomic E-state index is 10.8. The van der Waals surface area contributed by atoms with E-state index in [1.165, 1.54) is 22.6 Å². The number of primary amides is 1. The number of fused-ring (bicyclic) bond motifs is 1. The van der Waals surface area contributed by atoms with Gasteiger partial charge in [-0.3, -0.25) is 4.79 Å². The van der Waals surface area contributed by atoms with Crippen LogP contribution in [0.2, 0.25) is 0 Å². The van der Waals surface area contributed by atoms with E-state index in [1.54, 1.807) is 0 Å². The molecule has 1 aliphatic rings. The maximum absolute atomic E-state index is 10.8. The summed E-state index contributed by atoms with van der Waals surface area (Å²) in [6.07, 6.45) is 2.38. The maximum Gasteiger partial charge on any atom is 0.236 e. The molecule has 1 aliphatic heterocycles. The van der Waals surface area contributed by atoms with Gasteiger partial charge >= 0.3 is 0 Å². The van der Waals surface area contributed by atoms with E-state index in [1.807, 2.05) is 23.7 Å². The third-order valence-electron chi connectivity index (χ3n) is 2.73. The average Bonchev–Trinajstić information content (AvgIpc) is 2.27. The standard InChI is InChI=1S/C12H16N2OS/c1-14(8-12(13)15)10-4-5-11-9(7-10)3-2-6-16-11/h4-5,7H,2-3,6,8H2,1H3,(H2,13,15). The van der Waals surface area contributed by atoms with Gasteiger partial charge in [-0.05, 0) is 42.4 Å². The number of rotatable bonds is 3. The van der Waals surface area contributed by atoms with Gasteiger partial charge in [-0.25, -0.2) is 0 Å². The number of aryl methyl sites for hydroxylation is 1. The third kappa shape index (κ3) is 2.50. The number of nitrogens with zero attached hydrogens (tertiary/aromatic N) is 1. The molecule has 0 fully saturated rings. The van der Waals surface area contributed by atoms with Crippen molar-refractivity contribution in [3.05, 3.63) is 23.8 Å². The van der Waals surface area contributed by atoms with Gasteiger partial charge in [0.15, 0.2) is 0 Å². The van der Waals surface area contributed by atoms with Crippen molar-refractivity contribution < 1.29 is 4.79 Å². The molecular weight excluding hydrogens is 220 g/mol. The fraction of sp³-hybridized carbons (Fsp3) is 0.417. The normalized spacial score (nSPS) is 14.3. The van der Waals surface area contributed by atoms with E-state index in [9.17, 15) is 4.79 Å². The molecule has 16 heavy (non-hydrogen) atoms. The lowest BCUT2D eigenvalue weighted by Crippen LogP contribution is -2.30. The van der Waals surface area contributed by atoms with Gasteiger partial charge in [0.25, 0.3) is 0 Å². The van der Waals surface area contributed by atoms with Gasteiger partial charge < -0.3 is 10.6 Å². The van der Waals surface area contributed by atoms with Gasteiger partial charge in [-0.15, -0.1) is 11.8 Å². The Hall–Kier alpha value is -1.16. The van der Waals surface area contributed by atoms with E-state index < -0.39 is 0 Å². The summed E-state index contributed by atoms with van der Waals surface area (Å²) in [5.74, 6) is 0.915. The SMILES string of the molecule is CN(CC(N)=O)c1ccc2c(c1)CCCS2. The topological polar surface area (TPSA) is 46.3 Å². The van der Waals surface area contributed by atoms with Crippen molar-refractivity contribution in [3.8, 4) is 0 Å². The number of likely N-dealkylation sites (N-methyl/N-ethyl adjacent to an activating group) is 1. The van der Waals surface area contributed by atoms with Crippen LogP contribution in [0.25, 0.3) is 0 Å². The minimum Gasteiger partial charge on any atom is -0.368 e. The van der Waals surface area contributed by atoms with Crippen molar-refractivity contribution in [1.29, 1.82) is 0 Å². The molecule has 0 saturated carbocycles. The van der Waals surface area contributed by atoms with Gasteiger partial charge in [0.1, 0.15) is 0 Å². The number of carbonyl (C=O) groups is 1. The lowest BCUT2D eigenvalue weighted by molar-refractivity contribution is -0.116. The molecule has 0 atom stereocenters. The summed E-state index contributed by atoms with van der Waals surface area (Å²) in [5.41, 5.74) is 7.65. The predicted octanol–water partition coefficient (Wildman–Crippen LogP) is 1.65. The monoisotopic (exact) mass is 236 g/mol. The molecule has 3 nitrogen and oxygen atoms in total. The lowest BCUT2D eigenvalue weighted by atomic mass is 10.1. The summed E-state index contributed by atoms with van der Waals surface area (Å²) in [6.45, 7) is 0.270. The Labute approximate surface area is 100.0 Å². The van der Waals surface area contributed by atoms with Crippen LogP contribution in [-0.4, -0.2) is 25.3 Å². The Kier molecular flexibility index (Phi) is 3.39. The third-order valence-corrected chi connectivity index (χ3v) is 3.93. The van der Waals surface area contributed by atoms with Crippen molar-refractivity contribution in [2.45, 2.75) is 17.7 Å². The van der Waals surface area contributed by atoms with Gasteiger partial charge in [-0.2, -0.15) is 0 Å². The molecule has 0 aliphatic carbocycles. The summed E-state index contributed by atoms with van der Waals surface area (Å²) in [6, 6.07) is 6.37. The van der Waals surface area contributed by atoms with E-state index in [0.717, 1.165) is 12.1 Å². The molecule has 0 saturated heterocycles. The Balaban J connectivity index is 2.19. The molecule has 1 amide bonds. The molecule has 0 radical (unpaired) electrons. The van der Waals surface area contributed by atoms with Crippen LogP contribution in [0.3, 0.4) is 0 Å². The van der Waals surface area contributed by atoms with E-state index in [-0.39, 0.29) is 12.5 Å². The molecule has 1 heterocycles. The summed E-state index contributed by atoms with van der Waals surface area (Å²) in [4.78, 5) is 14.1. The molecule has 0 bridgehead atoms. The quantitative estimate of drug-likeness (QED) is 0.868. The van der Waals surface area contributed by atoms with Crippen molar-refractivity contribution in [3.63, 3.8) is 0 Å². The van der Waals surface area contributed by atoms with Gasteiger partial charge in [-0.1, -0.05) is 0 Å². The molecule has 4 heteroatoms. The number of benzene rings is 1. The first-order valence-electron chi connectivity index (χ1n) is 5.42. The van der Waals surface area contributed by atoms with Gasteiger partial charge in [0, 0.05) is 17.6 Å². The van der Waals surface area contributed by atoms with E-state index >= 15 is 0 Å². The Morgan fingerprint density at radius 1 is 1.56 bits per heavy atom. The molecule has 0 aromatic heterocycles. The number of hydrogen-bond acceptors (Lipinski definition) is 3. The number of anilines is 1. The largest absolute Gasteiger partial charge is 0.368 e. The van der Waals surface area contributed by atoms with Gasteiger partial charge in [0.05, 0.1) is 6.54 Å². The second-order valence-electron chi connectivity index (χ2n) is 4.07. The zero-order chi connectivity index (χ0) is 11.5. The van der Waals surface area contributed by atoms with Crippen LogP contribution < -0.4 is 10.6 Å². The summed E-state index contributed by atoms with van der Waals surface area (Å²) in [7, 11) is 1.89. The number of thioether (sulfide) groups is 1. The second kappa shape index (κ2) is 4.78. The molecule has 1 aromatic carbocycles. The Morgan fingerprint density at radius 3 is 3.12 bits per heavy atom. The first kappa shape index (κ1) is 11.3. The number of nitrogens with two attached hydrogens (primary N) is 1. The van der Waals surface area contributed by atoms with Crippen LogP contribution in [0.1, 0.15) is 12.0 Å². The highest BCUT2D eigenvalue weighted by atomic mass is 32.2. The van der Waals surface area contributed by atoms with Gasteiger partial charge in [0.2, 0.25) is 5.91 Å². The van der Waals surface area contributed by atoms with E-state index in [0.29, 0.717) is 0 Å². The van der Waals surface area contributed by atoms with Crippen molar-refractivity contribution in [1.82, 2.24) is 0 Å². The van der Waals surface area contributed by atoms with Crippen molar-refractivity contribution in [2.75, 3.05) is 24.2 Å². The number of carbonyl (C=O) groups excluding carboxylic acids is 1. The highest BCUT2D eigenvalue weighted by Crippen LogP contribution is 2.32. The summed E-state index contributed by atoms with van der Waals surface area (Å²) >= 11 is 1.91. The van der Waals surface area contributed by atoms with Crippen LogP contribution in [-0.2, 0) is 11.2 Å². The van der Waals surface area contributed by atoms with Crippen molar-refractivity contribution in [2.24, 2.45) is 5.73 Å². The molecule has 2 N–H and O–H groups in total. The highest BCUT2D eigenvalue weighted by molar-refractivity contribution is 7.99. The minimum absolute atomic E-state index is 0.270. The Bertz CT molecular complexity index is 406. The van der Waals surface area contributed by atoms with Crippen LogP contribution in [0.4, 0.5) is 5.69 Å². The van der Waals surface area contributed by atoms with Crippen molar-refractivity contribution >= 4 is 23.4 Å². The zero-order valence-corrected chi connectivity index (χ0v) is 10.2. The Morgan fingerprint density at radius 2 is 2.38 bits per heavy atom. The summed E-state index contributed by atoms with van der Waals surface area (Å²) in [5, 5.41) is 0. The molecular formula is C12H16N2OS. The first-order chi connectivity index (χ1) is 7.66. The summed E-state index contributed by atoms with van der Waals surface area (Å²) < 4.78 is 0. The smallest absolute Gasteiger partial charge is 0.236 e.